The fourth-order valence-corrected chi connectivity index (χ4v) is 6.20. The summed E-state index contributed by atoms with van der Waals surface area (Å²) in [5.74, 6) is 0.472. The molecular formula is C22H36BNO4S. The molecule has 0 N–H and O–H groups in total. The maximum absolute atomic E-state index is 13.2. The van der Waals surface area contributed by atoms with E-state index in [9.17, 15) is 8.42 Å². The molecule has 0 aliphatic carbocycles. The van der Waals surface area contributed by atoms with Crippen LogP contribution in [0.2, 0.25) is 6.32 Å². The summed E-state index contributed by atoms with van der Waals surface area (Å²) in [5.41, 5.74) is 0.180. The van der Waals surface area contributed by atoms with Gasteiger partial charge in [0.05, 0.1) is 16.1 Å². The van der Waals surface area contributed by atoms with Crippen LogP contribution >= 0.6 is 0 Å². The van der Waals surface area contributed by atoms with Crippen molar-refractivity contribution in [3.8, 4) is 0 Å². The largest absolute Gasteiger partial charge is 0.458 e. The Morgan fingerprint density at radius 1 is 1.07 bits per heavy atom. The summed E-state index contributed by atoms with van der Waals surface area (Å²) >= 11 is 0. The molecule has 3 rings (SSSR count). The van der Waals surface area contributed by atoms with Crippen LogP contribution in [0.1, 0.15) is 59.9 Å². The first-order valence-electron chi connectivity index (χ1n) is 10.7. The van der Waals surface area contributed by atoms with E-state index in [-0.39, 0.29) is 23.7 Å². The minimum atomic E-state index is -3.49. The maximum atomic E-state index is 13.2. The molecule has 2 aliphatic heterocycles. The summed E-state index contributed by atoms with van der Waals surface area (Å²) in [6.45, 7) is 15.7. The van der Waals surface area contributed by atoms with Crippen LogP contribution in [-0.4, -0.2) is 44.1 Å². The van der Waals surface area contributed by atoms with Crippen LogP contribution in [0.25, 0.3) is 0 Å². The van der Waals surface area contributed by atoms with E-state index < -0.39 is 10.0 Å². The predicted octanol–water partition coefficient (Wildman–Crippen LogP) is 4.51. The van der Waals surface area contributed by atoms with Gasteiger partial charge in [-0.15, -0.1) is 0 Å². The third-order valence-corrected chi connectivity index (χ3v) is 8.66. The summed E-state index contributed by atoms with van der Waals surface area (Å²) in [6, 6.07) is 7.13. The molecule has 1 aromatic rings. The van der Waals surface area contributed by atoms with Crippen molar-refractivity contribution in [2.75, 3.05) is 13.1 Å². The predicted molar refractivity (Wildman–Crippen MR) is 117 cm³/mol. The fraction of sp³-hybridized carbons (Fsp3) is 0.727. The van der Waals surface area contributed by atoms with Gasteiger partial charge in [0.15, 0.2) is 0 Å². The maximum Gasteiger partial charge on any atom is 0.458 e. The zero-order chi connectivity index (χ0) is 21.7. The van der Waals surface area contributed by atoms with Crippen LogP contribution in [-0.2, 0) is 19.3 Å². The van der Waals surface area contributed by atoms with Crippen molar-refractivity contribution in [2.24, 2.45) is 11.3 Å². The van der Waals surface area contributed by atoms with Gasteiger partial charge in [-0.2, -0.15) is 4.31 Å². The lowest BCUT2D eigenvalue weighted by Crippen LogP contribution is -2.41. The zero-order valence-electron chi connectivity index (χ0n) is 19.0. The smallest absolute Gasteiger partial charge is 0.403 e. The van der Waals surface area contributed by atoms with E-state index in [1.807, 2.05) is 19.1 Å². The Labute approximate surface area is 177 Å². The Kier molecular flexibility index (Phi) is 6.02. The number of benzene rings is 1. The molecule has 1 unspecified atom stereocenters. The SMILES string of the molecule is Cc1ccc(S(=O)(=O)N2CCC(CB3OC(C)(C)C(C)(C)O3)(CC(C)C)C2)cc1. The molecule has 5 nitrogen and oxygen atoms in total. The van der Waals surface area contributed by atoms with E-state index in [4.69, 9.17) is 9.31 Å². The van der Waals surface area contributed by atoms with Crippen LogP contribution in [0.4, 0.5) is 0 Å². The molecule has 0 spiro atoms. The van der Waals surface area contributed by atoms with E-state index in [0.717, 1.165) is 24.7 Å². The summed E-state index contributed by atoms with van der Waals surface area (Å²) in [5, 5.41) is 0. The van der Waals surface area contributed by atoms with Gasteiger partial charge in [0.25, 0.3) is 0 Å². The molecule has 7 heteroatoms. The molecule has 0 saturated carbocycles. The molecule has 2 fully saturated rings. The van der Waals surface area contributed by atoms with Crippen LogP contribution < -0.4 is 0 Å². The average molecular weight is 421 g/mol. The van der Waals surface area contributed by atoms with Gasteiger partial charge in [-0.3, -0.25) is 0 Å². The van der Waals surface area contributed by atoms with Gasteiger partial charge in [-0.25, -0.2) is 8.42 Å². The third kappa shape index (κ3) is 4.58. The minimum Gasteiger partial charge on any atom is -0.403 e. The monoisotopic (exact) mass is 421 g/mol. The first kappa shape index (κ1) is 22.8. The zero-order valence-corrected chi connectivity index (χ0v) is 19.8. The van der Waals surface area contributed by atoms with Crippen molar-refractivity contribution in [3.63, 3.8) is 0 Å². The second-order valence-corrected chi connectivity index (χ2v) is 12.3. The van der Waals surface area contributed by atoms with Crippen LogP contribution in [0.3, 0.4) is 0 Å². The lowest BCUT2D eigenvalue weighted by atomic mass is 9.64. The Morgan fingerprint density at radius 3 is 2.14 bits per heavy atom. The molecule has 0 aromatic heterocycles. The van der Waals surface area contributed by atoms with E-state index in [1.54, 1.807) is 16.4 Å². The topological polar surface area (TPSA) is 55.8 Å². The standard InChI is InChI=1S/C22H36BNO4S/c1-17(2)14-22(15-23-27-20(4,5)21(6,7)28-23)12-13-24(16-22)29(25,26)19-10-8-18(3)9-11-19/h8-11,17H,12-16H2,1-7H3. The number of rotatable bonds is 6. The quantitative estimate of drug-likeness (QED) is 0.634. The molecule has 1 aromatic carbocycles. The Bertz CT molecular complexity index is 819. The van der Waals surface area contributed by atoms with E-state index in [1.165, 1.54) is 0 Å². The third-order valence-electron chi connectivity index (χ3n) is 6.81. The molecule has 29 heavy (non-hydrogen) atoms. The van der Waals surface area contributed by atoms with Crippen molar-refractivity contribution in [1.82, 2.24) is 4.31 Å². The molecule has 0 radical (unpaired) electrons. The summed E-state index contributed by atoms with van der Waals surface area (Å²) in [7, 11) is -3.79. The molecule has 0 amide bonds. The van der Waals surface area contributed by atoms with E-state index in [0.29, 0.717) is 23.9 Å². The van der Waals surface area contributed by atoms with Crippen molar-refractivity contribution in [3.05, 3.63) is 29.8 Å². The molecular weight excluding hydrogens is 385 g/mol. The van der Waals surface area contributed by atoms with Crippen molar-refractivity contribution in [2.45, 2.75) is 83.7 Å². The molecule has 2 saturated heterocycles. The van der Waals surface area contributed by atoms with Crippen molar-refractivity contribution < 1.29 is 17.7 Å². The van der Waals surface area contributed by atoms with Gasteiger partial charge in [0.2, 0.25) is 10.0 Å². The second-order valence-electron chi connectivity index (χ2n) is 10.4. The molecule has 2 aliphatic rings. The number of nitrogens with zero attached hydrogens (tertiary/aromatic N) is 1. The second kappa shape index (κ2) is 7.67. The Morgan fingerprint density at radius 2 is 1.62 bits per heavy atom. The summed E-state index contributed by atoms with van der Waals surface area (Å²) in [6.07, 6.45) is 2.51. The van der Waals surface area contributed by atoms with Gasteiger partial charge < -0.3 is 9.31 Å². The highest BCUT2D eigenvalue weighted by atomic mass is 32.2. The summed E-state index contributed by atoms with van der Waals surface area (Å²) < 4.78 is 40.6. The molecule has 0 bridgehead atoms. The first-order chi connectivity index (χ1) is 13.3. The highest BCUT2D eigenvalue weighted by Gasteiger charge is 2.55. The summed E-state index contributed by atoms with van der Waals surface area (Å²) in [4.78, 5) is 0.374. The lowest BCUT2D eigenvalue weighted by molar-refractivity contribution is 0.00578. The molecule has 162 valence electrons. The Hall–Kier alpha value is -0.885. The normalized spacial score (nSPS) is 27.1. The number of hydrogen-bond acceptors (Lipinski definition) is 4. The van der Waals surface area contributed by atoms with Crippen LogP contribution in [0.5, 0.6) is 0 Å². The van der Waals surface area contributed by atoms with Crippen molar-refractivity contribution in [1.29, 1.82) is 0 Å². The lowest BCUT2D eigenvalue weighted by Gasteiger charge is -2.32. The highest BCUT2D eigenvalue weighted by molar-refractivity contribution is 7.89. The van der Waals surface area contributed by atoms with Crippen LogP contribution in [0, 0.1) is 18.3 Å². The van der Waals surface area contributed by atoms with E-state index >= 15 is 0 Å². The van der Waals surface area contributed by atoms with Gasteiger partial charge in [0, 0.05) is 13.1 Å². The van der Waals surface area contributed by atoms with Crippen LogP contribution in [0.15, 0.2) is 29.2 Å². The number of hydrogen-bond donors (Lipinski definition) is 0. The van der Waals surface area contributed by atoms with Gasteiger partial charge in [-0.05, 0) is 77.2 Å². The van der Waals surface area contributed by atoms with Gasteiger partial charge >= 0.3 is 7.12 Å². The fourth-order valence-electron chi connectivity index (χ4n) is 4.64. The van der Waals surface area contributed by atoms with Crippen molar-refractivity contribution >= 4 is 17.1 Å². The first-order valence-corrected chi connectivity index (χ1v) is 12.1. The Balaban J connectivity index is 1.81. The molecule has 1 atom stereocenters. The average Bonchev–Trinajstić information content (AvgIpc) is 3.05. The van der Waals surface area contributed by atoms with Gasteiger partial charge in [-0.1, -0.05) is 31.5 Å². The number of aryl methyl sites for hydroxylation is 1. The molecule has 2 heterocycles. The van der Waals surface area contributed by atoms with Gasteiger partial charge in [0.1, 0.15) is 0 Å². The minimum absolute atomic E-state index is 0.132. The van der Waals surface area contributed by atoms with E-state index in [2.05, 4.69) is 41.5 Å². The highest BCUT2D eigenvalue weighted by Crippen LogP contribution is 2.47. The number of sulfonamides is 1.